The second-order valence-corrected chi connectivity index (χ2v) is 3.71. The Labute approximate surface area is 110 Å². The average molecular weight is 253 g/mol. The van der Waals surface area contributed by atoms with E-state index in [4.69, 9.17) is 5.26 Å². The standard InChI is InChI=1S/C14H11N3O2/c1-19-14(18)10-4-6-12(7-5-10)17-13-11(9-15)3-2-8-16-13/h2-8H,1H3,(H,16,17). The molecule has 2 rings (SSSR count). The second-order valence-electron chi connectivity index (χ2n) is 3.71. The number of hydrogen-bond acceptors (Lipinski definition) is 5. The van der Waals surface area contributed by atoms with E-state index in [-0.39, 0.29) is 5.97 Å². The van der Waals surface area contributed by atoms with Crippen LogP contribution < -0.4 is 5.32 Å². The predicted molar refractivity (Wildman–Crippen MR) is 70.0 cm³/mol. The normalized spacial score (nSPS) is 9.47. The third-order valence-corrected chi connectivity index (χ3v) is 2.50. The molecule has 1 N–H and O–H groups in total. The van der Waals surface area contributed by atoms with Crippen LogP contribution in [-0.4, -0.2) is 18.1 Å². The quantitative estimate of drug-likeness (QED) is 0.850. The number of nitrogens with zero attached hydrogens (tertiary/aromatic N) is 2. The number of esters is 1. The third-order valence-electron chi connectivity index (χ3n) is 2.50. The molecule has 0 bridgehead atoms. The van der Waals surface area contributed by atoms with E-state index in [0.717, 1.165) is 5.69 Å². The molecule has 0 unspecified atom stereocenters. The van der Waals surface area contributed by atoms with E-state index in [9.17, 15) is 4.79 Å². The molecule has 0 aliphatic heterocycles. The van der Waals surface area contributed by atoms with E-state index >= 15 is 0 Å². The molecular weight excluding hydrogens is 242 g/mol. The van der Waals surface area contributed by atoms with Gasteiger partial charge in [0.2, 0.25) is 0 Å². The van der Waals surface area contributed by atoms with E-state index in [1.165, 1.54) is 7.11 Å². The first-order valence-corrected chi connectivity index (χ1v) is 5.55. The van der Waals surface area contributed by atoms with Crippen LogP contribution in [0.15, 0.2) is 42.6 Å². The summed E-state index contributed by atoms with van der Waals surface area (Å²) in [6, 6.07) is 12.2. The Morgan fingerprint density at radius 3 is 2.68 bits per heavy atom. The maximum atomic E-state index is 11.3. The van der Waals surface area contributed by atoms with Crippen molar-refractivity contribution in [2.75, 3.05) is 12.4 Å². The van der Waals surface area contributed by atoms with Crippen molar-refractivity contribution in [2.24, 2.45) is 0 Å². The fourth-order valence-corrected chi connectivity index (χ4v) is 1.54. The molecule has 5 nitrogen and oxygen atoms in total. The summed E-state index contributed by atoms with van der Waals surface area (Å²) in [5.41, 5.74) is 1.66. The van der Waals surface area contributed by atoms with E-state index in [1.54, 1.807) is 42.6 Å². The van der Waals surface area contributed by atoms with Crippen molar-refractivity contribution in [1.82, 2.24) is 4.98 Å². The van der Waals surface area contributed by atoms with Crippen LogP contribution in [-0.2, 0) is 4.74 Å². The molecule has 5 heteroatoms. The van der Waals surface area contributed by atoms with Gasteiger partial charge in [0.05, 0.1) is 18.2 Å². The van der Waals surface area contributed by atoms with Gasteiger partial charge in [0.25, 0.3) is 0 Å². The highest BCUT2D eigenvalue weighted by Crippen LogP contribution is 2.18. The van der Waals surface area contributed by atoms with Gasteiger partial charge in [-0.25, -0.2) is 9.78 Å². The van der Waals surface area contributed by atoms with Crippen LogP contribution in [0.25, 0.3) is 0 Å². The van der Waals surface area contributed by atoms with Gasteiger partial charge in [-0.3, -0.25) is 0 Å². The Morgan fingerprint density at radius 1 is 1.32 bits per heavy atom. The van der Waals surface area contributed by atoms with E-state index in [1.807, 2.05) is 0 Å². The number of pyridine rings is 1. The average Bonchev–Trinajstić information content (AvgIpc) is 2.48. The SMILES string of the molecule is COC(=O)c1ccc(Nc2ncccc2C#N)cc1. The molecule has 0 aliphatic carbocycles. The molecule has 1 aromatic carbocycles. The summed E-state index contributed by atoms with van der Waals surface area (Å²) >= 11 is 0. The lowest BCUT2D eigenvalue weighted by molar-refractivity contribution is 0.0601. The Balaban J connectivity index is 2.20. The fraction of sp³-hybridized carbons (Fsp3) is 0.0714. The van der Waals surface area contributed by atoms with E-state index < -0.39 is 0 Å². The van der Waals surface area contributed by atoms with Crippen LogP contribution >= 0.6 is 0 Å². The van der Waals surface area contributed by atoms with Crippen molar-refractivity contribution < 1.29 is 9.53 Å². The van der Waals surface area contributed by atoms with Crippen molar-refractivity contribution in [3.8, 4) is 6.07 Å². The zero-order valence-corrected chi connectivity index (χ0v) is 10.3. The summed E-state index contributed by atoms with van der Waals surface area (Å²) in [7, 11) is 1.33. The van der Waals surface area contributed by atoms with Crippen LogP contribution in [0.4, 0.5) is 11.5 Å². The number of hydrogen-bond donors (Lipinski definition) is 1. The highest BCUT2D eigenvalue weighted by atomic mass is 16.5. The summed E-state index contributed by atoms with van der Waals surface area (Å²) < 4.78 is 4.62. The molecule has 0 saturated carbocycles. The Hall–Kier alpha value is -2.87. The lowest BCUT2D eigenvalue weighted by Crippen LogP contribution is -2.01. The third kappa shape index (κ3) is 2.87. The van der Waals surface area contributed by atoms with Gasteiger partial charge in [-0.1, -0.05) is 0 Å². The molecule has 0 radical (unpaired) electrons. The Bertz CT molecular complexity index is 630. The van der Waals surface area contributed by atoms with Crippen LogP contribution in [0, 0.1) is 11.3 Å². The number of anilines is 2. The van der Waals surface area contributed by atoms with Gasteiger partial charge in [-0.15, -0.1) is 0 Å². The minimum atomic E-state index is -0.387. The van der Waals surface area contributed by atoms with Gasteiger partial charge in [0.15, 0.2) is 0 Å². The molecule has 0 spiro atoms. The summed E-state index contributed by atoms with van der Waals surface area (Å²) in [5, 5.41) is 12.0. The van der Waals surface area contributed by atoms with Gasteiger partial charge in [0.1, 0.15) is 11.9 Å². The smallest absolute Gasteiger partial charge is 0.337 e. The number of carbonyl (C=O) groups excluding carboxylic acids is 1. The number of benzene rings is 1. The second kappa shape index (κ2) is 5.65. The summed E-state index contributed by atoms with van der Waals surface area (Å²) in [6.07, 6.45) is 1.60. The molecule has 94 valence electrons. The maximum Gasteiger partial charge on any atom is 0.337 e. The van der Waals surface area contributed by atoms with Crippen molar-refractivity contribution in [2.45, 2.75) is 0 Å². The van der Waals surface area contributed by atoms with Gasteiger partial charge in [0, 0.05) is 11.9 Å². The highest BCUT2D eigenvalue weighted by molar-refractivity contribution is 5.89. The minimum Gasteiger partial charge on any atom is -0.465 e. The first-order valence-electron chi connectivity index (χ1n) is 5.55. The van der Waals surface area contributed by atoms with Crippen molar-refractivity contribution >= 4 is 17.5 Å². The minimum absolute atomic E-state index is 0.387. The number of aromatic nitrogens is 1. The zero-order chi connectivity index (χ0) is 13.7. The molecule has 1 heterocycles. The zero-order valence-electron chi connectivity index (χ0n) is 10.3. The Morgan fingerprint density at radius 2 is 2.05 bits per heavy atom. The topological polar surface area (TPSA) is 75.0 Å². The molecule has 0 fully saturated rings. The summed E-state index contributed by atoms with van der Waals surface area (Å²) in [6.45, 7) is 0. The molecule has 2 aromatic rings. The largest absolute Gasteiger partial charge is 0.465 e. The molecule has 0 amide bonds. The number of carbonyl (C=O) groups is 1. The number of rotatable bonds is 3. The van der Waals surface area contributed by atoms with Crippen molar-refractivity contribution in [3.63, 3.8) is 0 Å². The monoisotopic (exact) mass is 253 g/mol. The van der Waals surface area contributed by atoms with Crippen LogP contribution in [0.3, 0.4) is 0 Å². The van der Waals surface area contributed by atoms with Crippen LogP contribution in [0.1, 0.15) is 15.9 Å². The number of ether oxygens (including phenoxy) is 1. The van der Waals surface area contributed by atoms with Gasteiger partial charge >= 0.3 is 5.97 Å². The lowest BCUT2D eigenvalue weighted by Gasteiger charge is -2.07. The Kier molecular flexibility index (Phi) is 3.74. The number of methoxy groups -OCH3 is 1. The molecular formula is C14H11N3O2. The maximum absolute atomic E-state index is 11.3. The summed E-state index contributed by atoms with van der Waals surface area (Å²) in [4.78, 5) is 15.4. The first-order chi connectivity index (χ1) is 9.24. The van der Waals surface area contributed by atoms with E-state index in [0.29, 0.717) is 16.9 Å². The molecule has 0 atom stereocenters. The molecule has 0 aliphatic rings. The van der Waals surface area contributed by atoms with Crippen molar-refractivity contribution in [3.05, 3.63) is 53.7 Å². The number of nitriles is 1. The summed E-state index contributed by atoms with van der Waals surface area (Å²) in [5.74, 6) is 0.0953. The molecule has 1 aromatic heterocycles. The van der Waals surface area contributed by atoms with Gasteiger partial charge < -0.3 is 10.1 Å². The first kappa shape index (κ1) is 12.6. The number of nitrogens with one attached hydrogen (secondary N) is 1. The van der Waals surface area contributed by atoms with E-state index in [2.05, 4.69) is 21.1 Å². The van der Waals surface area contributed by atoms with Crippen molar-refractivity contribution in [1.29, 1.82) is 5.26 Å². The molecule has 0 saturated heterocycles. The highest BCUT2D eigenvalue weighted by Gasteiger charge is 2.06. The van der Waals surface area contributed by atoms with Gasteiger partial charge in [-0.2, -0.15) is 5.26 Å². The fourth-order valence-electron chi connectivity index (χ4n) is 1.54. The molecule has 19 heavy (non-hydrogen) atoms. The predicted octanol–water partition coefficient (Wildman–Crippen LogP) is 2.48. The van der Waals surface area contributed by atoms with Crippen LogP contribution in [0.2, 0.25) is 0 Å². The lowest BCUT2D eigenvalue weighted by atomic mass is 10.2. The van der Waals surface area contributed by atoms with Crippen LogP contribution in [0.5, 0.6) is 0 Å². The van der Waals surface area contributed by atoms with Gasteiger partial charge in [-0.05, 0) is 36.4 Å².